The summed E-state index contributed by atoms with van der Waals surface area (Å²) in [6.07, 6.45) is 3.62. The highest BCUT2D eigenvalue weighted by atomic mass is 16.5. The summed E-state index contributed by atoms with van der Waals surface area (Å²) in [6, 6.07) is 0.169. The Bertz CT molecular complexity index is 472. The van der Waals surface area contributed by atoms with E-state index in [9.17, 15) is 4.79 Å². The fourth-order valence-electron chi connectivity index (χ4n) is 3.20. The van der Waals surface area contributed by atoms with Gasteiger partial charge in [-0.15, -0.1) is 0 Å². The summed E-state index contributed by atoms with van der Waals surface area (Å²) < 4.78 is 5.34. The predicted molar refractivity (Wildman–Crippen MR) is 82.4 cm³/mol. The van der Waals surface area contributed by atoms with Gasteiger partial charge < -0.3 is 14.6 Å². The van der Waals surface area contributed by atoms with Crippen LogP contribution in [0.5, 0.6) is 0 Å². The minimum absolute atomic E-state index is 0.169. The third-order valence-electron chi connectivity index (χ3n) is 4.55. The average Bonchev–Trinajstić information content (AvgIpc) is 3.09. The van der Waals surface area contributed by atoms with Crippen molar-refractivity contribution in [2.45, 2.75) is 13.0 Å². The monoisotopic (exact) mass is 307 g/mol. The quantitative estimate of drug-likeness (QED) is 0.845. The first kappa shape index (κ1) is 15.5. The summed E-state index contributed by atoms with van der Waals surface area (Å²) in [7, 11) is 0. The van der Waals surface area contributed by atoms with Crippen molar-refractivity contribution in [3.63, 3.8) is 0 Å². The third kappa shape index (κ3) is 3.48. The summed E-state index contributed by atoms with van der Waals surface area (Å²) >= 11 is 0. The van der Waals surface area contributed by atoms with E-state index in [0.717, 1.165) is 51.8 Å². The van der Waals surface area contributed by atoms with Gasteiger partial charge in [0.1, 0.15) is 5.82 Å². The normalized spacial score (nSPS) is 24.6. The van der Waals surface area contributed by atoms with Crippen molar-refractivity contribution in [1.82, 2.24) is 24.7 Å². The van der Waals surface area contributed by atoms with E-state index in [1.165, 1.54) is 0 Å². The highest BCUT2D eigenvalue weighted by molar-refractivity contribution is 5.78. The van der Waals surface area contributed by atoms with Gasteiger partial charge in [-0.05, 0) is 6.54 Å². The van der Waals surface area contributed by atoms with Crippen LogP contribution in [0.4, 0.5) is 0 Å². The van der Waals surface area contributed by atoms with Gasteiger partial charge in [0, 0.05) is 45.1 Å². The van der Waals surface area contributed by atoms with Gasteiger partial charge in [0.05, 0.1) is 25.8 Å². The molecule has 0 radical (unpaired) electrons. The Morgan fingerprint density at radius 3 is 2.86 bits per heavy atom. The lowest BCUT2D eigenvalue weighted by atomic mass is 10.1. The molecule has 0 saturated carbocycles. The van der Waals surface area contributed by atoms with E-state index in [1.807, 2.05) is 11.1 Å². The molecule has 122 valence electrons. The summed E-state index contributed by atoms with van der Waals surface area (Å²) in [4.78, 5) is 26.7. The number of carbonyl (C=O) groups excluding carboxylic acids is 1. The van der Waals surface area contributed by atoms with Crippen LogP contribution in [0, 0.1) is 0 Å². The number of ether oxygens (including phenoxy) is 1. The topological polar surface area (TPSA) is 64.7 Å². The van der Waals surface area contributed by atoms with E-state index in [0.29, 0.717) is 13.1 Å². The van der Waals surface area contributed by atoms with Crippen LogP contribution in [0.2, 0.25) is 0 Å². The number of hydrogen-bond acceptors (Lipinski definition) is 5. The molecule has 1 atom stereocenters. The molecule has 0 aromatic carbocycles. The minimum Gasteiger partial charge on any atom is -0.379 e. The lowest BCUT2D eigenvalue weighted by Crippen LogP contribution is -2.53. The summed E-state index contributed by atoms with van der Waals surface area (Å²) in [6.45, 7) is 9.19. The van der Waals surface area contributed by atoms with Gasteiger partial charge in [-0.1, -0.05) is 6.92 Å². The molecule has 2 aliphatic rings. The van der Waals surface area contributed by atoms with Crippen LogP contribution in [0.25, 0.3) is 0 Å². The lowest BCUT2D eigenvalue weighted by molar-refractivity contribution is -0.136. The van der Waals surface area contributed by atoms with Crippen LogP contribution in [-0.2, 0) is 9.53 Å². The number of amides is 1. The summed E-state index contributed by atoms with van der Waals surface area (Å²) in [5, 5.41) is 0. The smallest absolute Gasteiger partial charge is 0.236 e. The Labute approximate surface area is 131 Å². The van der Waals surface area contributed by atoms with E-state index < -0.39 is 0 Å². The Morgan fingerprint density at radius 1 is 1.36 bits per heavy atom. The van der Waals surface area contributed by atoms with Crippen molar-refractivity contribution in [2.24, 2.45) is 0 Å². The van der Waals surface area contributed by atoms with Gasteiger partial charge in [-0.2, -0.15) is 0 Å². The molecule has 2 saturated heterocycles. The zero-order valence-electron chi connectivity index (χ0n) is 13.2. The second-order valence-corrected chi connectivity index (χ2v) is 5.85. The number of likely N-dealkylation sites (N-methyl/N-ethyl adjacent to an activating group) is 1. The summed E-state index contributed by atoms with van der Waals surface area (Å²) in [5.41, 5.74) is 0. The molecule has 7 nitrogen and oxygen atoms in total. The molecule has 2 aliphatic heterocycles. The van der Waals surface area contributed by atoms with Gasteiger partial charge in [-0.25, -0.2) is 4.98 Å². The van der Waals surface area contributed by atoms with Crippen LogP contribution >= 0.6 is 0 Å². The highest BCUT2D eigenvalue weighted by Crippen LogP contribution is 2.22. The molecule has 0 unspecified atom stereocenters. The number of piperazine rings is 1. The molecule has 1 aromatic rings. The largest absolute Gasteiger partial charge is 0.379 e. The van der Waals surface area contributed by atoms with Crippen LogP contribution < -0.4 is 0 Å². The minimum atomic E-state index is 0.169. The number of nitrogens with one attached hydrogen (secondary N) is 1. The third-order valence-corrected chi connectivity index (χ3v) is 4.55. The summed E-state index contributed by atoms with van der Waals surface area (Å²) in [5.74, 6) is 1.17. The van der Waals surface area contributed by atoms with Crippen LogP contribution in [0.1, 0.15) is 18.8 Å². The maximum absolute atomic E-state index is 12.6. The fraction of sp³-hybridized carbons (Fsp3) is 0.733. The second-order valence-electron chi connectivity index (χ2n) is 5.85. The average molecular weight is 307 g/mol. The SMILES string of the molecule is CCN1CCN(C(=O)CN2CCOCC2)C[C@H]1c1ncc[nH]1. The molecule has 1 aromatic heterocycles. The van der Waals surface area contributed by atoms with Crippen molar-refractivity contribution in [3.8, 4) is 0 Å². The first-order chi connectivity index (χ1) is 10.8. The molecule has 0 spiro atoms. The van der Waals surface area contributed by atoms with Gasteiger partial charge >= 0.3 is 0 Å². The maximum atomic E-state index is 12.6. The molecule has 1 amide bonds. The highest BCUT2D eigenvalue weighted by Gasteiger charge is 2.31. The van der Waals surface area contributed by atoms with Crippen LogP contribution in [0.3, 0.4) is 0 Å². The number of morpholine rings is 1. The maximum Gasteiger partial charge on any atom is 0.236 e. The predicted octanol–water partition coefficient (Wildman–Crippen LogP) is -0.0529. The number of nitrogens with zero attached hydrogens (tertiary/aromatic N) is 4. The van der Waals surface area contributed by atoms with Crippen molar-refractivity contribution in [2.75, 3.05) is 59.0 Å². The lowest BCUT2D eigenvalue weighted by Gasteiger charge is -2.40. The number of H-pyrrole nitrogens is 1. The van der Waals surface area contributed by atoms with Crippen molar-refractivity contribution in [1.29, 1.82) is 0 Å². The number of aromatic nitrogens is 2. The molecule has 3 rings (SSSR count). The molecular formula is C15H25N5O2. The molecule has 22 heavy (non-hydrogen) atoms. The molecule has 0 aliphatic carbocycles. The first-order valence-corrected chi connectivity index (χ1v) is 8.09. The van der Waals surface area contributed by atoms with Crippen molar-refractivity contribution < 1.29 is 9.53 Å². The zero-order valence-corrected chi connectivity index (χ0v) is 13.2. The van der Waals surface area contributed by atoms with Crippen molar-refractivity contribution >= 4 is 5.91 Å². The molecule has 0 bridgehead atoms. The van der Waals surface area contributed by atoms with E-state index in [1.54, 1.807) is 6.20 Å². The Hall–Kier alpha value is -1.44. The number of rotatable bonds is 4. The van der Waals surface area contributed by atoms with Crippen LogP contribution in [-0.4, -0.2) is 89.6 Å². The molecule has 3 heterocycles. The van der Waals surface area contributed by atoms with Gasteiger partial charge in [-0.3, -0.25) is 14.6 Å². The Balaban J connectivity index is 1.61. The zero-order chi connectivity index (χ0) is 15.4. The van der Waals surface area contributed by atoms with Crippen molar-refractivity contribution in [3.05, 3.63) is 18.2 Å². The number of imidazole rings is 1. The Kier molecular flexibility index (Phi) is 5.07. The van der Waals surface area contributed by atoms with Gasteiger partial charge in [0.2, 0.25) is 5.91 Å². The first-order valence-electron chi connectivity index (χ1n) is 8.09. The molecule has 7 heteroatoms. The van der Waals surface area contributed by atoms with E-state index >= 15 is 0 Å². The van der Waals surface area contributed by atoms with E-state index in [4.69, 9.17) is 4.74 Å². The standard InChI is InChI=1S/C15H25N5O2/c1-2-19-5-6-20(11-13(19)15-16-3-4-17-15)14(21)12-18-7-9-22-10-8-18/h3-4,13H,2,5-12H2,1H3,(H,16,17)/t13-/m0/s1. The fourth-order valence-corrected chi connectivity index (χ4v) is 3.20. The van der Waals surface area contributed by atoms with E-state index in [2.05, 4.69) is 26.7 Å². The van der Waals surface area contributed by atoms with Gasteiger partial charge in [0.15, 0.2) is 0 Å². The Morgan fingerprint density at radius 2 is 2.18 bits per heavy atom. The second kappa shape index (κ2) is 7.21. The van der Waals surface area contributed by atoms with Crippen LogP contribution in [0.15, 0.2) is 12.4 Å². The van der Waals surface area contributed by atoms with E-state index in [-0.39, 0.29) is 11.9 Å². The van der Waals surface area contributed by atoms with Gasteiger partial charge in [0.25, 0.3) is 0 Å². The molecular weight excluding hydrogens is 282 g/mol. The molecule has 2 fully saturated rings. The molecule has 1 N–H and O–H groups in total. The number of aromatic amines is 1. The number of hydrogen-bond donors (Lipinski definition) is 1. The number of carbonyl (C=O) groups is 1.